The van der Waals surface area contributed by atoms with Gasteiger partial charge in [-0.1, -0.05) is 86.1 Å². The van der Waals surface area contributed by atoms with Gasteiger partial charge in [-0.05, 0) is 75.9 Å². The molecule has 3 aromatic carbocycles. The van der Waals surface area contributed by atoms with Crippen LogP contribution in [0, 0.1) is 13.8 Å². The van der Waals surface area contributed by atoms with Crippen molar-refractivity contribution < 1.29 is 28.1 Å². The maximum absolute atomic E-state index is 14.3. The Balaban J connectivity index is 1.38. The van der Waals surface area contributed by atoms with E-state index in [1.54, 1.807) is 24.0 Å². The van der Waals surface area contributed by atoms with Gasteiger partial charge in [-0.25, -0.2) is 4.68 Å². The smallest absolute Gasteiger partial charge is 0.338 e. The molecule has 0 aliphatic heterocycles. The molecule has 1 unspecified atom stereocenters. The van der Waals surface area contributed by atoms with Crippen LogP contribution in [-0.4, -0.2) is 54.5 Å². The van der Waals surface area contributed by atoms with Crippen molar-refractivity contribution in [1.29, 1.82) is 0 Å². The minimum Gasteiger partial charge on any atom is -0.338 e. The lowest BCUT2D eigenvalue weighted by molar-refractivity contribution is -0.118. The zero-order valence-electron chi connectivity index (χ0n) is 31.4. The molecule has 0 radical (unpaired) electrons. The largest absolute Gasteiger partial charge is 0.575 e. The Bertz CT molecular complexity index is 1920. The predicted molar refractivity (Wildman–Crippen MR) is 207 cm³/mol. The fourth-order valence-electron chi connectivity index (χ4n) is 6.08. The summed E-state index contributed by atoms with van der Waals surface area (Å²) in [4.78, 5) is 39.0. The Morgan fingerprint density at radius 3 is 2.08 bits per heavy atom. The zero-order valence-corrected chi connectivity index (χ0v) is 32.3. The first kappa shape index (κ1) is 39.5. The van der Waals surface area contributed by atoms with Crippen LogP contribution in [0.15, 0.2) is 97.2 Å². The molecule has 13 heteroatoms. The number of nitrogens with one attached hydrogen (secondary N) is 2. The second-order valence-corrected chi connectivity index (χ2v) is 15.5. The average molecular weight is 742 g/mol. The van der Waals surface area contributed by atoms with Gasteiger partial charge >= 0.3 is 8.17 Å². The first-order chi connectivity index (χ1) is 25.3. The van der Waals surface area contributed by atoms with E-state index in [9.17, 15) is 14.5 Å². The lowest BCUT2D eigenvalue weighted by Crippen LogP contribution is -2.48. The van der Waals surface area contributed by atoms with E-state index in [4.69, 9.17) is 13.6 Å². The van der Waals surface area contributed by atoms with Crippen LogP contribution < -0.4 is 10.6 Å². The number of aromatic nitrogens is 4. The maximum atomic E-state index is 14.3. The molecule has 3 N–H and O–H groups in total. The second kappa shape index (κ2) is 17.4. The molecule has 2 heterocycles. The SMILES string of the molecule is CCCCO[P+](O)(OCn1nc(C)c(-c2ccc(NC(=O)[C@@H](NC(=O)c3ccnn3C)C(c3ccccc3)c3ccccc3)cc2)c1C)OC(C)(C)C. The number of nitrogens with zero attached hydrogens (tertiary/aromatic N) is 4. The Hall–Kier alpha value is -4.71. The number of carbonyl (C=O) groups excluding carboxylic acids is 2. The number of carbonyl (C=O) groups is 2. The van der Waals surface area contributed by atoms with Crippen LogP contribution in [0.5, 0.6) is 0 Å². The summed E-state index contributed by atoms with van der Waals surface area (Å²) in [5.74, 6) is -1.28. The van der Waals surface area contributed by atoms with Gasteiger partial charge in [0.2, 0.25) is 5.91 Å². The highest BCUT2D eigenvalue weighted by atomic mass is 31.2. The van der Waals surface area contributed by atoms with Crippen molar-refractivity contribution in [2.24, 2.45) is 7.05 Å². The minimum absolute atomic E-state index is 0.0662. The van der Waals surface area contributed by atoms with Gasteiger partial charge in [0.05, 0.1) is 5.69 Å². The first-order valence-corrected chi connectivity index (χ1v) is 19.2. The Morgan fingerprint density at radius 1 is 0.906 bits per heavy atom. The molecule has 12 nitrogen and oxygen atoms in total. The third-order valence-electron chi connectivity index (χ3n) is 8.58. The van der Waals surface area contributed by atoms with Gasteiger partial charge < -0.3 is 10.6 Å². The third kappa shape index (κ3) is 10.2. The Morgan fingerprint density at radius 2 is 1.53 bits per heavy atom. The van der Waals surface area contributed by atoms with E-state index >= 15 is 0 Å². The number of unbranched alkanes of at least 4 members (excludes halogenated alkanes) is 1. The average Bonchev–Trinajstić information content (AvgIpc) is 3.68. The summed E-state index contributed by atoms with van der Waals surface area (Å²) in [6, 6.07) is 27.4. The normalized spacial score (nSPS) is 13.5. The molecule has 5 rings (SSSR count). The summed E-state index contributed by atoms with van der Waals surface area (Å²) in [5, 5.41) is 14.9. The van der Waals surface area contributed by atoms with E-state index in [1.165, 1.54) is 4.68 Å². The van der Waals surface area contributed by atoms with Crippen molar-refractivity contribution in [2.75, 3.05) is 11.9 Å². The Labute approximate surface area is 312 Å². The molecule has 0 fully saturated rings. The van der Waals surface area contributed by atoms with Gasteiger partial charge in [0.1, 0.15) is 23.9 Å². The van der Waals surface area contributed by atoms with Crippen LogP contribution in [0.4, 0.5) is 5.69 Å². The van der Waals surface area contributed by atoms with Crippen molar-refractivity contribution in [2.45, 2.75) is 78.7 Å². The molecule has 53 heavy (non-hydrogen) atoms. The molecule has 2 amide bonds. The van der Waals surface area contributed by atoms with Gasteiger partial charge in [0, 0.05) is 36.1 Å². The molecule has 0 bridgehead atoms. The van der Waals surface area contributed by atoms with Crippen LogP contribution in [0.1, 0.15) is 79.5 Å². The molecule has 280 valence electrons. The van der Waals surface area contributed by atoms with Crippen molar-refractivity contribution in [3.8, 4) is 11.1 Å². The minimum atomic E-state index is -3.62. The predicted octanol–water partition coefficient (Wildman–Crippen LogP) is 7.75. The number of amides is 2. The molecule has 0 aliphatic carbocycles. The zero-order chi connectivity index (χ0) is 38.2. The van der Waals surface area contributed by atoms with Crippen LogP contribution in [0.25, 0.3) is 11.1 Å². The second-order valence-electron chi connectivity index (χ2n) is 13.8. The number of rotatable bonds is 16. The number of anilines is 1. The molecule has 2 aromatic heterocycles. The summed E-state index contributed by atoms with van der Waals surface area (Å²) in [6.07, 6.45) is 3.22. The molecular weight excluding hydrogens is 691 g/mol. The fourth-order valence-corrected chi connectivity index (χ4v) is 7.57. The molecule has 0 saturated heterocycles. The number of aryl methyl sites for hydroxylation is 2. The van der Waals surface area contributed by atoms with E-state index < -0.39 is 31.6 Å². The summed E-state index contributed by atoms with van der Waals surface area (Å²) >= 11 is 0. The molecule has 0 spiro atoms. The van der Waals surface area contributed by atoms with Crippen LogP contribution >= 0.6 is 8.17 Å². The summed E-state index contributed by atoms with van der Waals surface area (Å²) < 4.78 is 20.6. The molecule has 0 saturated carbocycles. The van der Waals surface area contributed by atoms with Gasteiger partial charge in [-0.3, -0.25) is 14.3 Å². The standard InChI is InChI=1S/C40H49N6O6P/c1-8-9-26-50-53(49,52-40(4,5)6)51-27-46-29(3)35(28(2)44-46)32-20-22-33(23-21-32)42-39(48)37(43-38(47)34-24-25-41-45(34)7)36(30-16-12-10-13-17-30)31-18-14-11-15-19-31/h10-25,36-37,49H,8-9,26-27H2,1-7H3,(H-,42,43,47,48)/p+1/t37-,53?/m0/s1. The van der Waals surface area contributed by atoms with Crippen molar-refractivity contribution in [3.05, 3.63) is 125 Å². The van der Waals surface area contributed by atoms with E-state index in [-0.39, 0.29) is 12.6 Å². The summed E-state index contributed by atoms with van der Waals surface area (Å²) in [7, 11) is -1.93. The highest BCUT2D eigenvalue weighted by Gasteiger charge is 2.49. The van der Waals surface area contributed by atoms with Crippen LogP contribution in [-0.2, 0) is 32.1 Å². The molecular formula is C40H50N6O6P+. The number of hydrogen-bond acceptors (Lipinski definition) is 8. The van der Waals surface area contributed by atoms with Crippen LogP contribution in [0.2, 0.25) is 0 Å². The van der Waals surface area contributed by atoms with E-state index in [0.29, 0.717) is 18.0 Å². The number of benzene rings is 3. The van der Waals surface area contributed by atoms with Crippen LogP contribution in [0.3, 0.4) is 0 Å². The van der Waals surface area contributed by atoms with E-state index in [1.807, 2.05) is 126 Å². The lowest BCUT2D eigenvalue weighted by Gasteiger charge is -2.28. The van der Waals surface area contributed by atoms with E-state index in [2.05, 4.69) is 20.8 Å². The Kier molecular flexibility index (Phi) is 13.0. The van der Waals surface area contributed by atoms with Gasteiger partial charge in [0.25, 0.3) is 5.91 Å². The first-order valence-electron chi connectivity index (χ1n) is 17.7. The summed E-state index contributed by atoms with van der Waals surface area (Å²) in [5.41, 5.74) is 5.33. The third-order valence-corrected chi connectivity index (χ3v) is 10.3. The number of hydrogen-bond donors (Lipinski definition) is 3. The fraction of sp³-hybridized carbons (Fsp3) is 0.350. The quantitative estimate of drug-likeness (QED) is 0.0689. The van der Waals surface area contributed by atoms with Gasteiger partial charge in [0.15, 0.2) is 6.73 Å². The monoisotopic (exact) mass is 741 g/mol. The maximum Gasteiger partial charge on any atom is 0.575 e. The van der Waals surface area contributed by atoms with Crippen molar-refractivity contribution >= 4 is 25.7 Å². The highest BCUT2D eigenvalue weighted by molar-refractivity contribution is 7.55. The molecule has 0 aliphatic rings. The topological polar surface area (TPSA) is 142 Å². The highest BCUT2D eigenvalue weighted by Crippen LogP contribution is 2.61. The van der Waals surface area contributed by atoms with Crippen molar-refractivity contribution in [3.63, 3.8) is 0 Å². The van der Waals surface area contributed by atoms with E-state index in [0.717, 1.165) is 46.5 Å². The summed E-state index contributed by atoms with van der Waals surface area (Å²) in [6.45, 7) is 11.6. The van der Waals surface area contributed by atoms with Gasteiger partial charge in [-0.2, -0.15) is 19.6 Å². The van der Waals surface area contributed by atoms with Gasteiger partial charge in [-0.15, -0.1) is 9.05 Å². The van der Waals surface area contributed by atoms with Crippen molar-refractivity contribution in [1.82, 2.24) is 24.9 Å². The molecule has 5 aromatic rings. The molecule has 2 atom stereocenters. The lowest BCUT2D eigenvalue weighted by atomic mass is 9.84.